The highest BCUT2D eigenvalue weighted by Gasteiger charge is 2.19. The van der Waals surface area contributed by atoms with Gasteiger partial charge < -0.3 is 10.2 Å². The van der Waals surface area contributed by atoms with Crippen LogP contribution in [0.15, 0.2) is 0 Å². The van der Waals surface area contributed by atoms with Crippen molar-refractivity contribution in [1.82, 2.24) is 10.3 Å². The lowest BCUT2D eigenvalue weighted by atomic mass is 10.1. The maximum Gasteiger partial charge on any atom is 0.185 e. The minimum atomic E-state index is 0.516. The Hall–Kier alpha value is -0.610. The van der Waals surface area contributed by atoms with Crippen molar-refractivity contribution in [3.05, 3.63) is 10.6 Å². The van der Waals surface area contributed by atoms with Gasteiger partial charge in [0.25, 0.3) is 0 Å². The van der Waals surface area contributed by atoms with Crippen LogP contribution in [0, 0.1) is 11.8 Å². The summed E-state index contributed by atoms with van der Waals surface area (Å²) in [7, 11) is 2.17. The number of hydrogen-bond acceptors (Lipinski definition) is 4. The zero-order chi connectivity index (χ0) is 16.0. The lowest BCUT2D eigenvalue weighted by Crippen LogP contribution is -2.33. The zero-order valence-corrected chi connectivity index (χ0v) is 15.7. The van der Waals surface area contributed by atoms with Crippen LogP contribution in [0.2, 0.25) is 0 Å². The molecule has 0 amide bonds. The normalized spacial score (nSPS) is 13.2. The third kappa shape index (κ3) is 5.59. The summed E-state index contributed by atoms with van der Waals surface area (Å²) < 4.78 is 0. The monoisotopic (exact) mass is 311 g/mol. The molecule has 0 radical (unpaired) electrons. The average molecular weight is 312 g/mol. The molecule has 122 valence electrons. The molecule has 4 heteroatoms. The second-order valence-electron chi connectivity index (χ2n) is 6.74. The van der Waals surface area contributed by atoms with E-state index in [1.807, 2.05) is 11.3 Å². The summed E-state index contributed by atoms with van der Waals surface area (Å²) in [5.74, 6) is 1.33. The summed E-state index contributed by atoms with van der Waals surface area (Å²) in [4.78, 5) is 8.65. The second kappa shape index (κ2) is 8.74. The Kier molecular flexibility index (Phi) is 7.67. The maximum atomic E-state index is 4.91. The van der Waals surface area contributed by atoms with Gasteiger partial charge in [0.2, 0.25) is 0 Å². The number of aromatic nitrogens is 1. The molecule has 1 rings (SSSR count). The molecule has 1 heterocycles. The fourth-order valence-electron chi connectivity index (χ4n) is 2.19. The van der Waals surface area contributed by atoms with E-state index in [2.05, 4.69) is 58.8 Å². The van der Waals surface area contributed by atoms with E-state index < -0.39 is 0 Å². The molecule has 0 bridgehead atoms. The Bertz CT molecular complexity index is 412. The number of anilines is 1. The highest BCUT2D eigenvalue weighted by Crippen LogP contribution is 2.29. The first-order chi connectivity index (χ1) is 9.86. The van der Waals surface area contributed by atoms with Crippen LogP contribution < -0.4 is 10.2 Å². The van der Waals surface area contributed by atoms with Crippen molar-refractivity contribution in [3.8, 4) is 0 Å². The van der Waals surface area contributed by atoms with Crippen LogP contribution in [0.25, 0.3) is 0 Å². The lowest BCUT2D eigenvalue weighted by Gasteiger charge is -2.27. The molecule has 0 spiro atoms. The second-order valence-corrected chi connectivity index (χ2v) is 7.80. The summed E-state index contributed by atoms with van der Waals surface area (Å²) in [5.41, 5.74) is 1.29. The van der Waals surface area contributed by atoms with Crippen molar-refractivity contribution < 1.29 is 0 Å². The van der Waals surface area contributed by atoms with Gasteiger partial charge in [0.1, 0.15) is 0 Å². The van der Waals surface area contributed by atoms with Crippen LogP contribution in [0.1, 0.15) is 58.5 Å². The van der Waals surface area contributed by atoms with Crippen LogP contribution in [0.4, 0.5) is 5.13 Å². The first kappa shape index (κ1) is 18.4. The fraction of sp³-hybridized carbons (Fsp3) is 0.824. The summed E-state index contributed by atoms with van der Waals surface area (Å²) in [6, 6.07) is 0.516. The standard InChI is InChI=1S/C17H33N3S/c1-8-9-15-16(11-18-10-12(2)3)21-17(19-15)20(7)14(6)13(4)5/h12-14,18H,8-11H2,1-7H3. The molecule has 0 aliphatic carbocycles. The number of nitrogens with zero attached hydrogens (tertiary/aromatic N) is 2. The van der Waals surface area contributed by atoms with E-state index in [0.29, 0.717) is 17.9 Å². The Morgan fingerprint density at radius 1 is 1.19 bits per heavy atom. The summed E-state index contributed by atoms with van der Waals surface area (Å²) in [6.45, 7) is 15.6. The van der Waals surface area contributed by atoms with E-state index in [1.54, 1.807) is 0 Å². The van der Waals surface area contributed by atoms with Crippen molar-refractivity contribution in [2.45, 2.75) is 67.0 Å². The van der Waals surface area contributed by atoms with Gasteiger partial charge in [-0.1, -0.05) is 41.0 Å². The van der Waals surface area contributed by atoms with Crippen molar-refractivity contribution in [1.29, 1.82) is 0 Å². The van der Waals surface area contributed by atoms with Gasteiger partial charge in [-0.3, -0.25) is 0 Å². The predicted octanol–water partition coefficient (Wildman–Crippen LogP) is 4.32. The van der Waals surface area contributed by atoms with Gasteiger partial charge in [0.05, 0.1) is 5.69 Å². The molecule has 0 aliphatic rings. The van der Waals surface area contributed by atoms with Gasteiger partial charge in [-0.25, -0.2) is 4.98 Å². The van der Waals surface area contributed by atoms with E-state index in [-0.39, 0.29) is 0 Å². The van der Waals surface area contributed by atoms with Gasteiger partial charge in [-0.05, 0) is 31.7 Å². The minimum absolute atomic E-state index is 0.516. The molecule has 21 heavy (non-hydrogen) atoms. The lowest BCUT2D eigenvalue weighted by molar-refractivity contribution is 0.505. The van der Waals surface area contributed by atoms with Gasteiger partial charge in [0, 0.05) is 24.5 Å². The Labute approximate surface area is 135 Å². The van der Waals surface area contributed by atoms with Crippen molar-refractivity contribution in [2.24, 2.45) is 11.8 Å². The molecule has 0 aromatic carbocycles. The van der Waals surface area contributed by atoms with Gasteiger partial charge in [0.15, 0.2) is 5.13 Å². The van der Waals surface area contributed by atoms with Crippen LogP contribution in [-0.4, -0.2) is 24.6 Å². The molecule has 0 aliphatic heterocycles. The van der Waals surface area contributed by atoms with Gasteiger partial charge in [-0.2, -0.15) is 0 Å². The molecule has 1 N–H and O–H groups in total. The molecule has 1 unspecified atom stereocenters. The quantitative estimate of drug-likeness (QED) is 0.736. The summed E-state index contributed by atoms with van der Waals surface area (Å²) >= 11 is 1.86. The largest absolute Gasteiger partial charge is 0.348 e. The van der Waals surface area contributed by atoms with Crippen LogP contribution in [-0.2, 0) is 13.0 Å². The van der Waals surface area contributed by atoms with E-state index in [4.69, 9.17) is 4.98 Å². The number of hydrogen-bond donors (Lipinski definition) is 1. The highest BCUT2D eigenvalue weighted by molar-refractivity contribution is 7.15. The first-order valence-corrected chi connectivity index (χ1v) is 9.10. The van der Waals surface area contributed by atoms with Crippen molar-refractivity contribution in [2.75, 3.05) is 18.5 Å². The van der Waals surface area contributed by atoms with E-state index in [1.165, 1.54) is 15.7 Å². The highest BCUT2D eigenvalue weighted by atomic mass is 32.1. The third-order valence-electron chi connectivity index (χ3n) is 3.97. The van der Waals surface area contributed by atoms with E-state index >= 15 is 0 Å². The topological polar surface area (TPSA) is 28.2 Å². The Balaban J connectivity index is 2.82. The SMILES string of the molecule is CCCc1nc(N(C)C(C)C(C)C)sc1CNCC(C)C. The van der Waals surface area contributed by atoms with Crippen LogP contribution in [0.3, 0.4) is 0 Å². The van der Waals surface area contributed by atoms with Crippen molar-refractivity contribution >= 4 is 16.5 Å². The van der Waals surface area contributed by atoms with E-state index in [9.17, 15) is 0 Å². The van der Waals surface area contributed by atoms with Gasteiger partial charge >= 0.3 is 0 Å². The molecule has 0 saturated carbocycles. The number of thiazole rings is 1. The average Bonchev–Trinajstić information content (AvgIpc) is 2.80. The molecule has 1 atom stereocenters. The zero-order valence-electron chi connectivity index (χ0n) is 14.9. The predicted molar refractivity (Wildman–Crippen MR) is 95.4 cm³/mol. The molecular weight excluding hydrogens is 278 g/mol. The molecule has 0 fully saturated rings. The fourth-order valence-corrected chi connectivity index (χ4v) is 3.31. The Morgan fingerprint density at radius 3 is 2.38 bits per heavy atom. The van der Waals surface area contributed by atoms with Crippen LogP contribution >= 0.6 is 11.3 Å². The minimum Gasteiger partial charge on any atom is -0.348 e. The summed E-state index contributed by atoms with van der Waals surface area (Å²) in [6.07, 6.45) is 2.24. The third-order valence-corrected chi connectivity index (χ3v) is 5.16. The van der Waals surface area contributed by atoms with Gasteiger partial charge in [-0.15, -0.1) is 11.3 Å². The molecular formula is C17H33N3S. The molecule has 1 aromatic heterocycles. The smallest absolute Gasteiger partial charge is 0.185 e. The number of nitrogens with one attached hydrogen (secondary N) is 1. The molecule has 0 saturated heterocycles. The first-order valence-electron chi connectivity index (χ1n) is 8.28. The Morgan fingerprint density at radius 2 is 1.86 bits per heavy atom. The number of rotatable bonds is 9. The van der Waals surface area contributed by atoms with E-state index in [0.717, 1.165) is 25.9 Å². The number of aryl methyl sites for hydroxylation is 1. The molecule has 1 aromatic rings. The maximum absolute atomic E-state index is 4.91. The molecule has 3 nitrogen and oxygen atoms in total. The van der Waals surface area contributed by atoms with Crippen LogP contribution in [0.5, 0.6) is 0 Å². The van der Waals surface area contributed by atoms with Crippen molar-refractivity contribution in [3.63, 3.8) is 0 Å². The summed E-state index contributed by atoms with van der Waals surface area (Å²) in [5, 5.41) is 4.72.